The highest BCUT2D eigenvalue weighted by Crippen LogP contribution is 2.42. The summed E-state index contributed by atoms with van der Waals surface area (Å²) >= 11 is 0. The number of nitrogens with zero attached hydrogens (tertiary/aromatic N) is 5. The van der Waals surface area contributed by atoms with E-state index < -0.39 is 0 Å². The summed E-state index contributed by atoms with van der Waals surface area (Å²) in [5, 5.41) is 12.4. The Morgan fingerprint density at radius 1 is 1.10 bits per heavy atom. The second-order valence-electron chi connectivity index (χ2n) is 7.35. The van der Waals surface area contributed by atoms with Gasteiger partial charge in [0.05, 0.1) is 34.7 Å². The quantitative estimate of drug-likeness (QED) is 0.469. The minimum atomic E-state index is 0. The van der Waals surface area contributed by atoms with Crippen LogP contribution in [0.4, 0.5) is 11.6 Å². The lowest BCUT2D eigenvalue weighted by atomic mass is 10.1. The summed E-state index contributed by atoms with van der Waals surface area (Å²) in [6.45, 7) is 3.01. The molecule has 0 amide bonds. The fraction of sp³-hybridized carbons (Fsp3) is 0.217. The van der Waals surface area contributed by atoms with Gasteiger partial charge in [-0.05, 0) is 67.6 Å². The Morgan fingerprint density at radius 2 is 1.97 bits per heavy atom. The summed E-state index contributed by atoms with van der Waals surface area (Å²) in [7, 11) is 0. The lowest BCUT2D eigenvalue weighted by Gasteiger charge is -2.11. The van der Waals surface area contributed by atoms with Crippen molar-refractivity contribution in [2.24, 2.45) is 0 Å². The number of fused-ring (bicyclic) bond motifs is 1. The Morgan fingerprint density at radius 3 is 2.73 bits per heavy atom. The maximum atomic E-state index is 9.12. The number of imidazole rings is 1. The molecule has 0 aliphatic heterocycles. The Hall–Kier alpha value is -3.43. The van der Waals surface area contributed by atoms with Crippen molar-refractivity contribution in [1.29, 1.82) is 5.26 Å². The van der Waals surface area contributed by atoms with E-state index in [1.807, 2.05) is 6.33 Å². The first-order valence-electron chi connectivity index (χ1n) is 9.84. The molecule has 0 unspecified atom stereocenters. The number of pyridine rings is 2. The van der Waals surface area contributed by atoms with Crippen LogP contribution in [-0.2, 0) is 6.54 Å². The molecule has 6 nitrogen and oxygen atoms in total. The van der Waals surface area contributed by atoms with Gasteiger partial charge in [0, 0.05) is 18.3 Å². The van der Waals surface area contributed by atoms with Gasteiger partial charge in [-0.25, -0.2) is 15.0 Å². The van der Waals surface area contributed by atoms with Gasteiger partial charge in [0.15, 0.2) is 0 Å². The van der Waals surface area contributed by atoms with Crippen molar-refractivity contribution in [3.63, 3.8) is 0 Å². The van der Waals surface area contributed by atoms with E-state index in [-0.39, 0.29) is 12.4 Å². The van der Waals surface area contributed by atoms with Crippen molar-refractivity contribution in [3.05, 3.63) is 66.1 Å². The van der Waals surface area contributed by atoms with Crippen LogP contribution in [0, 0.1) is 11.3 Å². The number of anilines is 2. The van der Waals surface area contributed by atoms with Gasteiger partial charge >= 0.3 is 0 Å². The van der Waals surface area contributed by atoms with Crippen LogP contribution in [0.25, 0.3) is 22.3 Å². The van der Waals surface area contributed by atoms with Gasteiger partial charge in [0.25, 0.3) is 0 Å². The van der Waals surface area contributed by atoms with Gasteiger partial charge in [-0.1, -0.05) is 6.07 Å². The molecule has 30 heavy (non-hydrogen) atoms. The molecule has 0 saturated heterocycles. The number of rotatable bonds is 5. The minimum absolute atomic E-state index is 0. The van der Waals surface area contributed by atoms with E-state index in [2.05, 4.69) is 63.2 Å². The molecule has 1 saturated carbocycles. The van der Waals surface area contributed by atoms with Crippen molar-refractivity contribution in [1.82, 2.24) is 19.5 Å². The molecule has 1 N–H and O–H groups in total. The molecule has 1 fully saturated rings. The third-order valence-electron chi connectivity index (χ3n) is 5.30. The molecule has 0 spiro atoms. The van der Waals surface area contributed by atoms with Gasteiger partial charge in [-0.15, -0.1) is 12.4 Å². The van der Waals surface area contributed by atoms with Crippen molar-refractivity contribution in [2.45, 2.75) is 32.2 Å². The maximum Gasteiger partial charge on any atom is 0.132 e. The minimum Gasteiger partial charge on any atom is -0.331 e. The van der Waals surface area contributed by atoms with Crippen molar-refractivity contribution >= 4 is 35.1 Å². The molecule has 0 radical (unpaired) electrons. The molecule has 1 aromatic carbocycles. The van der Waals surface area contributed by atoms with Crippen LogP contribution in [0.3, 0.4) is 0 Å². The smallest absolute Gasteiger partial charge is 0.132 e. The first-order chi connectivity index (χ1) is 14.2. The number of hydrogen-bond donors (Lipinski definition) is 1. The van der Waals surface area contributed by atoms with Gasteiger partial charge in [-0.2, -0.15) is 5.26 Å². The Balaban J connectivity index is 0.00000218. The van der Waals surface area contributed by atoms with Gasteiger partial charge in [0.1, 0.15) is 11.6 Å². The van der Waals surface area contributed by atoms with E-state index in [1.165, 1.54) is 18.4 Å². The number of aromatic nitrogens is 4. The van der Waals surface area contributed by atoms with E-state index >= 15 is 0 Å². The average molecular weight is 417 g/mol. The summed E-state index contributed by atoms with van der Waals surface area (Å²) in [6.07, 6.45) is 5.93. The molecule has 5 rings (SSSR count). The van der Waals surface area contributed by atoms with Gasteiger partial charge in [-0.3, -0.25) is 0 Å². The monoisotopic (exact) mass is 416 g/mol. The predicted molar refractivity (Wildman–Crippen MR) is 120 cm³/mol. The topological polar surface area (TPSA) is 79.4 Å². The molecule has 1 aliphatic carbocycles. The summed E-state index contributed by atoms with van der Waals surface area (Å²) in [6, 6.07) is 16.1. The summed E-state index contributed by atoms with van der Waals surface area (Å²) in [5.41, 5.74) is 5.92. The molecule has 0 atom stereocenters. The molecule has 150 valence electrons. The third-order valence-corrected chi connectivity index (χ3v) is 5.30. The van der Waals surface area contributed by atoms with Gasteiger partial charge in [0.2, 0.25) is 0 Å². The number of benzene rings is 1. The predicted octanol–water partition coefficient (Wildman–Crippen LogP) is 5.43. The van der Waals surface area contributed by atoms with E-state index in [9.17, 15) is 0 Å². The SMILES string of the molecule is CCn1cnc2cc(-c3cc(C4CC4)cc(Nc4cc(C#N)ccn4)n3)ccc21.Cl. The zero-order chi connectivity index (χ0) is 19.8. The third kappa shape index (κ3) is 3.85. The Kier molecular flexibility index (Phi) is 5.39. The van der Waals surface area contributed by atoms with Crippen LogP contribution >= 0.6 is 12.4 Å². The van der Waals surface area contributed by atoms with Crippen LogP contribution in [0.1, 0.15) is 36.8 Å². The summed E-state index contributed by atoms with van der Waals surface area (Å²) in [4.78, 5) is 13.7. The van der Waals surface area contributed by atoms with Crippen LogP contribution < -0.4 is 5.32 Å². The van der Waals surface area contributed by atoms with Crippen LogP contribution in [0.15, 0.2) is 55.0 Å². The second kappa shape index (κ2) is 8.13. The molecule has 1 aliphatic rings. The largest absolute Gasteiger partial charge is 0.331 e. The zero-order valence-corrected chi connectivity index (χ0v) is 17.4. The van der Waals surface area contributed by atoms with Crippen molar-refractivity contribution < 1.29 is 0 Å². The molecular weight excluding hydrogens is 396 g/mol. The van der Waals surface area contributed by atoms with E-state index in [0.717, 1.165) is 34.7 Å². The number of aryl methyl sites for hydroxylation is 1. The number of nitriles is 1. The summed E-state index contributed by atoms with van der Waals surface area (Å²) in [5.74, 6) is 1.96. The number of halogens is 1. The molecular formula is C23H21ClN6. The fourth-order valence-corrected chi connectivity index (χ4v) is 3.59. The second-order valence-corrected chi connectivity index (χ2v) is 7.35. The molecule has 4 aromatic rings. The lowest BCUT2D eigenvalue weighted by molar-refractivity contribution is 0.787. The first kappa shape index (κ1) is 19.9. The fourth-order valence-electron chi connectivity index (χ4n) is 3.59. The first-order valence-corrected chi connectivity index (χ1v) is 9.84. The lowest BCUT2D eigenvalue weighted by Crippen LogP contribution is -1.99. The highest BCUT2D eigenvalue weighted by molar-refractivity contribution is 5.85. The Bertz CT molecular complexity index is 1250. The number of nitrogens with one attached hydrogen (secondary N) is 1. The molecule has 3 aromatic heterocycles. The molecule has 3 heterocycles. The Labute approximate surface area is 181 Å². The van der Waals surface area contributed by atoms with Crippen LogP contribution in [-0.4, -0.2) is 19.5 Å². The van der Waals surface area contributed by atoms with E-state index in [0.29, 0.717) is 17.3 Å². The number of hydrogen-bond acceptors (Lipinski definition) is 5. The standard InChI is InChI=1S/C23H20N6.ClH/c1-2-29-14-26-20-10-17(5-6-21(20)29)19-11-18(16-3-4-16)12-23(27-19)28-22-9-15(13-24)7-8-25-22;/h5-12,14,16H,2-4H2,1H3,(H,25,27,28);1H. The maximum absolute atomic E-state index is 9.12. The highest BCUT2D eigenvalue weighted by Gasteiger charge is 2.25. The average Bonchev–Trinajstić information content (AvgIpc) is 3.53. The van der Waals surface area contributed by atoms with Crippen LogP contribution in [0.5, 0.6) is 0 Å². The molecule has 0 bridgehead atoms. The normalized spacial score (nSPS) is 12.9. The molecule has 7 heteroatoms. The van der Waals surface area contributed by atoms with Crippen molar-refractivity contribution in [2.75, 3.05) is 5.32 Å². The van der Waals surface area contributed by atoms with Crippen molar-refractivity contribution in [3.8, 4) is 17.3 Å². The van der Waals surface area contributed by atoms with Crippen LogP contribution in [0.2, 0.25) is 0 Å². The van der Waals surface area contributed by atoms with E-state index in [4.69, 9.17) is 10.2 Å². The zero-order valence-electron chi connectivity index (χ0n) is 16.5. The highest BCUT2D eigenvalue weighted by atomic mass is 35.5. The van der Waals surface area contributed by atoms with Gasteiger partial charge < -0.3 is 9.88 Å². The summed E-state index contributed by atoms with van der Waals surface area (Å²) < 4.78 is 2.13. The van der Waals surface area contributed by atoms with E-state index in [1.54, 1.807) is 18.3 Å².